The number of ether oxygens (including phenoxy) is 2. The van der Waals surface area contributed by atoms with Crippen LogP contribution >= 0.6 is 0 Å². The molecule has 0 spiro atoms. The van der Waals surface area contributed by atoms with Gasteiger partial charge in [-0.3, -0.25) is 0 Å². The van der Waals surface area contributed by atoms with Crippen LogP contribution in [-0.2, 0) is 11.3 Å². The number of amides is 1. The maximum atomic E-state index is 12.4. The van der Waals surface area contributed by atoms with Gasteiger partial charge in [0.2, 0.25) is 0 Å². The predicted molar refractivity (Wildman–Crippen MR) is 91.0 cm³/mol. The van der Waals surface area contributed by atoms with E-state index < -0.39 is 5.60 Å². The molecule has 0 fully saturated rings. The largest absolute Gasteiger partial charge is 0.491 e. The number of hydrogen-bond acceptors (Lipinski definition) is 4. The van der Waals surface area contributed by atoms with E-state index in [9.17, 15) is 4.79 Å². The summed E-state index contributed by atoms with van der Waals surface area (Å²) in [6, 6.07) is 7.91. The number of furan rings is 1. The zero-order valence-electron chi connectivity index (χ0n) is 14.6. The summed E-state index contributed by atoms with van der Waals surface area (Å²) in [5.41, 5.74) is 2.46. The number of benzene rings is 1. The minimum atomic E-state index is -0.511. The van der Waals surface area contributed by atoms with E-state index in [4.69, 9.17) is 13.9 Å². The molecule has 1 aliphatic rings. The fourth-order valence-corrected chi connectivity index (χ4v) is 2.78. The summed E-state index contributed by atoms with van der Waals surface area (Å²) in [5.74, 6) is 1.66. The molecule has 0 saturated heterocycles. The summed E-state index contributed by atoms with van der Waals surface area (Å²) in [6.45, 7) is 8.92. The summed E-state index contributed by atoms with van der Waals surface area (Å²) < 4.78 is 16.9. The van der Waals surface area contributed by atoms with Gasteiger partial charge in [-0.05, 0) is 33.8 Å². The molecule has 5 nitrogen and oxygen atoms in total. The Bertz CT molecular complexity index is 742. The second-order valence-electron chi connectivity index (χ2n) is 6.93. The molecule has 0 atom stereocenters. The molecule has 2 aromatic rings. The Morgan fingerprint density at radius 1 is 1.21 bits per heavy atom. The standard InChI is InChI=1S/C19H23NO4/c1-13-15(8-10-22-13)16-7-5-6-14-12-20(9-11-23-17(14)16)18(21)24-19(2,3)4/h5-8,10H,9,11-12H2,1-4H3. The number of carbonyl (C=O) groups excluding carboxylic acids is 1. The zero-order chi connectivity index (χ0) is 17.3. The van der Waals surface area contributed by atoms with Gasteiger partial charge >= 0.3 is 6.09 Å². The van der Waals surface area contributed by atoms with Crippen LogP contribution in [0.25, 0.3) is 11.1 Å². The summed E-state index contributed by atoms with van der Waals surface area (Å²) in [4.78, 5) is 14.1. The Hall–Kier alpha value is -2.43. The SMILES string of the molecule is Cc1occc1-c1cccc2c1OCCN(C(=O)OC(C)(C)C)C2. The van der Waals surface area contributed by atoms with Crippen molar-refractivity contribution in [1.82, 2.24) is 4.90 Å². The van der Waals surface area contributed by atoms with E-state index >= 15 is 0 Å². The van der Waals surface area contributed by atoms with E-state index in [1.807, 2.05) is 52.0 Å². The van der Waals surface area contributed by atoms with Gasteiger partial charge in [0.15, 0.2) is 0 Å². The van der Waals surface area contributed by atoms with Gasteiger partial charge in [0, 0.05) is 16.7 Å². The van der Waals surface area contributed by atoms with E-state index in [1.165, 1.54) is 0 Å². The van der Waals surface area contributed by atoms with Crippen LogP contribution in [-0.4, -0.2) is 29.7 Å². The third-order valence-corrected chi connectivity index (χ3v) is 3.87. The van der Waals surface area contributed by atoms with Crippen LogP contribution in [0.15, 0.2) is 34.9 Å². The minimum Gasteiger partial charge on any atom is -0.491 e. The Morgan fingerprint density at radius 2 is 2.00 bits per heavy atom. The average molecular weight is 329 g/mol. The monoisotopic (exact) mass is 329 g/mol. The van der Waals surface area contributed by atoms with Gasteiger partial charge in [-0.1, -0.05) is 18.2 Å². The Labute approximate surface area is 142 Å². The molecule has 0 bridgehead atoms. The third-order valence-electron chi connectivity index (χ3n) is 3.87. The lowest BCUT2D eigenvalue weighted by molar-refractivity contribution is 0.0225. The molecule has 2 heterocycles. The van der Waals surface area contributed by atoms with Crippen LogP contribution in [0, 0.1) is 6.92 Å². The zero-order valence-corrected chi connectivity index (χ0v) is 14.6. The number of para-hydroxylation sites is 1. The second-order valence-corrected chi connectivity index (χ2v) is 6.93. The van der Waals surface area contributed by atoms with Crippen LogP contribution in [0.1, 0.15) is 32.1 Å². The predicted octanol–water partition coefficient (Wildman–Crippen LogP) is 4.38. The molecule has 128 valence electrons. The van der Waals surface area contributed by atoms with Crippen molar-refractivity contribution < 1.29 is 18.7 Å². The molecular weight excluding hydrogens is 306 g/mol. The number of carbonyl (C=O) groups is 1. The van der Waals surface area contributed by atoms with Crippen molar-refractivity contribution in [2.75, 3.05) is 13.2 Å². The van der Waals surface area contributed by atoms with Crippen LogP contribution in [0.2, 0.25) is 0 Å². The molecule has 1 aromatic heterocycles. The Balaban J connectivity index is 1.90. The molecule has 0 aliphatic carbocycles. The van der Waals surface area contributed by atoms with Crippen LogP contribution < -0.4 is 4.74 Å². The lowest BCUT2D eigenvalue weighted by atomic mass is 10.0. The van der Waals surface area contributed by atoms with Crippen molar-refractivity contribution in [1.29, 1.82) is 0 Å². The van der Waals surface area contributed by atoms with Crippen molar-refractivity contribution in [3.63, 3.8) is 0 Å². The molecule has 3 rings (SSSR count). The fraction of sp³-hybridized carbons (Fsp3) is 0.421. The molecule has 0 radical (unpaired) electrons. The normalized spacial score (nSPS) is 14.6. The first-order chi connectivity index (χ1) is 11.3. The van der Waals surface area contributed by atoms with E-state index in [0.29, 0.717) is 19.7 Å². The van der Waals surface area contributed by atoms with Gasteiger partial charge in [0.05, 0.1) is 19.4 Å². The van der Waals surface area contributed by atoms with E-state index in [-0.39, 0.29) is 6.09 Å². The highest BCUT2D eigenvalue weighted by molar-refractivity contribution is 5.74. The summed E-state index contributed by atoms with van der Waals surface area (Å²) >= 11 is 0. The maximum Gasteiger partial charge on any atom is 0.410 e. The van der Waals surface area contributed by atoms with Gasteiger partial charge in [-0.2, -0.15) is 0 Å². The van der Waals surface area contributed by atoms with Crippen LogP contribution in [0.3, 0.4) is 0 Å². The smallest absolute Gasteiger partial charge is 0.410 e. The molecule has 1 aromatic carbocycles. The van der Waals surface area contributed by atoms with Gasteiger partial charge in [-0.25, -0.2) is 4.79 Å². The lowest BCUT2D eigenvalue weighted by Crippen LogP contribution is -2.37. The van der Waals surface area contributed by atoms with E-state index in [0.717, 1.165) is 28.2 Å². The van der Waals surface area contributed by atoms with Crippen molar-refractivity contribution in [3.8, 4) is 16.9 Å². The average Bonchev–Trinajstić information content (AvgIpc) is 2.79. The van der Waals surface area contributed by atoms with Crippen molar-refractivity contribution >= 4 is 6.09 Å². The number of hydrogen-bond donors (Lipinski definition) is 0. The molecule has 1 aliphatic heterocycles. The van der Waals surface area contributed by atoms with E-state index in [2.05, 4.69) is 0 Å². The number of nitrogens with zero attached hydrogens (tertiary/aromatic N) is 1. The van der Waals surface area contributed by atoms with Crippen LogP contribution in [0.4, 0.5) is 4.79 Å². The third kappa shape index (κ3) is 3.40. The summed E-state index contributed by atoms with van der Waals surface area (Å²) in [7, 11) is 0. The second kappa shape index (κ2) is 6.23. The minimum absolute atomic E-state index is 0.316. The van der Waals surface area contributed by atoms with Crippen molar-refractivity contribution in [2.24, 2.45) is 0 Å². The lowest BCUT2D eigenvalue weighted by Gasteiger charge is -2.26. The van der Waals surface area contributed by atoms with Gasteiger partial charge < -0.3 is 18.8 Å². The molecule has 1 amide bonds. The summed E-state index contributed by atoms with van der Waals surface area (Å²) in [6.07, 6.45) is 1.36. The Morgan fingerprint density at radius 3 is 2.67 bits per heavy atom. The van der Waals surface area contributed by atoms with Gasteiger partial charge in [-0.15, -0.1) is 0 Å². The highest BCUT2D eigenvalue weighted by atomic mass is 16.6. The first-order valence-electron chi connectivity index (χ1n) is 8.12. The fourth-order valence-electron chi connectivity index (χ4n) is 2.78. The molecule has 24 heavy (non-hydrogen) atoms. The topological polar surface area (TPSA) is 51.9 Å². The first kappa shape index (κ1) is 16.4. The Kier molecular flexibility index (Phi) is 4.26. The first-order valence-corrected chi connectivity index (χ1v) is 8.12. The quantitative estimate of drug-likeness (QED) is 0.779. The van der Waals surface area contributed by atoms with Gasteiger partial charge in [0.1, 0.15) is 23.7 Å². The van der Waals surface area contributed by atoms with Crippen LogP contribution in [0.5, 0.6) is 5.75 Å². The van der Waals surface area contributed by atoms with Crippen molar-refractivity contribution in [2.45, 2.75) is 39.8 Å². The molecule has 5 heteroatoms. The molecule has 0 N–H and O–H groups in total. The number of fused-ring (bicyclic) bond motifs is 1. The number of aryl methyl sites for hydroxylation is 1. The maximum absolute atomic E-state index is 12.4. The number of rotatable bonds is 1. The molecule has 0 unspecified atom stereocenters. The van der Waals surface area contributed by atoms with Gasteiger partial charge in [0.25, 0.3) is 0 Å². The van der Waals surface area contributed by atoms with Crippen molar-refractivity contribution in [3.05, 3.63) is 41.9 Å². The molecule has 0 saturated carbocycles. The van der Waals surface area contributed by atoms with E-state index in [1.54, 1.807) is 11.2 Å². The highest BCUT2D eigenvalue weighted by Crippen LogP contribution is 2.37. The molecular formula is C19H23NO4. The highest BCUT2D eigenvalue weighted by Gasteiger charge is 2.26. The summed E-state index contributed by atoms with van der Waals surface area (Å²) in [5, 5.41) is 0.